The Morgan fingerprint density at radius 2 is 1.68 bits per heavy atom. The molecule has 126 valence electrons. The summed E-state index contributed by atoms with van der Waals surface area (Å²) in [5, 5.41) is 0. The standard InChI is InChI=1S/C22H21BrN2/c1-14-10-11-16(23)13-19(14)25-20-15(2)7-5-8-17(20)22(3,4)18-9-6-12-24-21(18)25/h5-13H,1-4H3. The van der Waals surface area contributed by atoms with E-state index >= 15 is 0 Å². The highest BCUT2D eigenvalue weighted by Gasteiger charge is 2.38. The first-order chi connectivity index (χ1) is 11.9. The molecule has 0 amide bonds. The Hall–Kier alpha value is -2.13. The van der Waals surface area contributed by atoms with Gasteiger partial charge in [-0.05, 0) is 48.7 Å². The molecule has 0 bridgehead atoms. The van der Waals surface area contributed by atoms with Crippen molar-refractivity contribution in [2.24, 2.45) is 0 Å². The van der Waals surface area contributed by atoms with Crippen molar-refractivity contribution in [3.63, 3.8) is 0 Å². The fraction of sp³-hybridized carbons (Fsp3) is 0.227. The van der Waals surface area contributed by atoms with Crippen LogP contribution in [0.1, 0.15) is 36.1 Å². The van der Waals surface area contributed by atoms with Gasteiger partial charge < -0.3 is 0 Å². The van der Waals surface area contributed by atoms with Crippen molar-refractivity contribution in [1.29, 1.82) is 0 Å². The number of aryl methyl sites for hydroxylation is 2. The van der Waals surface area contributed by atoms with Crippen LogP contribution in [0.15, 0.2) is 59.2 Å². The molecule has 0 atom stereocenters. The molecule has 3 aromatic rings. The molecule has 2 heterocycles. The summed E-state index contributed by atoms with van der Waals surface area (Å²) >= 11 is 3.64. The molecule has 3 heteroatoms. The molecular weight excluding hydrogens is 372 g/mol. The Balaban J connectivity index is 2.11. The number of hydrogen-bond acceptors (Lipinski definition) is 2. The highest BCUT2D eigenvalue weighted by molar-refractivity contribution is 9.10. The van der Waals surface area contributed by atoms with Gasteiger partial charge in [-0.15, -0.1) is 0 Å². The zero-order chi connectivity index (χ0) is 17.8. The van der Waals surface area contributed by atoms with Gasteiger partial charge in [-0.25, -0.2) is 4.98 Å². The molecular formula is C22H21BrN2. The third-order valence-electron chi connectivity index (χ3n) is 5.22. The van der Waals surface area contributed by atoms with E-state index < -0.39 is 0 Å². The lowest BCUT2D eigenvalue weighted by molar-refractivity contribution is 0.626. The van der Waals surface area contributed by atoms with E-state index in [1.54, 1.807) is 0 Å². The van der Waals surface area contributed by atoms with Crippen LogP contribution in [0.4, 0.5) is 17.2 Å². The molecule has 0 saturated carbocycles. The van der Waals surface area contributed by atoms with Gasteiger partial charge in [0.05, 0.1) is 11.4 Å². The number of aromatic nitrogens is 1. The minimum atomic E-state index is -0.0820. The summed E-state index contributed by atoms with van der Waals surface area (Å²) in [6, 6.07) is 17.2. The Morgan fingerprint density at radius 3 is 2.48 bits per heavy atom. The normalized spacial score (nSPS) is 14.8. The smallest absolute Gasteiger partial charge is 0.141 e. The fourth-order valence-electron chi connectivity index (χ4n) is 3.83. The van der Waals surface area contributed by atoms with E-state index in [0.717, 1.165) is 10.3 Å². The van der Waals surface area contributed by atoms with E-state index in [9.17, 15) is 0 Å². The Kier molecular flexibility index (Phi) is 3.73. The van der Waals surface area contributed by atoms with Gasteiger partial charge in [-0.1, -0.05) is 60.1 Å². The monoisotopic (exact) mass is 392 g/mol. The summed E-state index contributed by atoms with van der Waals surface area (Å²) < 4.78 is 1.07. The van der Waals surface area contributed by atoms with Gasteiger partial charge in [-0.2, -0.15) is 0 Å². The second kappa shape index (κ2) is 5.70. The van der Waals surface area contributed by atoms with E-state index in [0.29, 0.717) is 0 Å². The Bertz CT molecular complexity index is 976. The summed E-state index contributed by atoms with van der Waals surface area (Å²) in [5.41, 5.74) is 7.43. The molecule has 0 radical (unpaired) electrons. The molecule has 0 aliphatic carbocycles. The zero-order valence-corrected chi connectivity index (χ0v) is 16.6. The van der Waals surface area contributed by atoms with Crippen LogP contribution in [-0.2, 0) is 5.41 Å². The van der Waals surface area contributed by atoms with Crippen LogP contribution in [0.3, 0.4) is 0 Å². The van der Waals surface area contributed by atoms with Crippen molar-refractivity contribution >= 4 is 33.1 Å². The van der Waals surface area contributed by atoms with Crippen molar-refractivity contribution in [2.75, 3.05) is 4.90 Å². The van der Waals surface area contributed by atoms with Gasteiger partial charge in [-0.3, -0.25) is 4.90 Å². The molecule has 1 aliphatic rings. The number of rotatable bonds is 1. The predicted octanol–water partition coefficient (Wildman–Crippen LogP) is 6.57. The Morgan fingerprint density at radius 1 is 0.920 bits per heavy atom. The number of pyridine rings is 1. The molecule has 25 heavy (non-hydrogen) atoms. The van der Waals surface area contributed by atoms with E-state index in [-0.39, 0.29) is 5.41 Å². The molecule has 1 aromatic heterocycles. The maximum absolute atomic E-state index is 4.79. The summed E-state index contributed by atoms with van der Waals surface area (Å²) in [5.74, 6) is 1.02. The summed E-state index contributed by atoms with van der Waals surface area (Å²) in [7, 11) is 0. The van der Waals surface area contributed by atoms with Crippen LogP contribution in [0.25, 0.3) is 0 Å². The number of fused-ring (bicyclic) bond motifs is 2. The van der Waals surface area contributed by atoms with E-state index in [1.807, 2.05) is 12.3 Å². The maximum Gasteiger partial charge on any atom is 0.141 e. The number of para-hydroxylation sites is 1. The first-order valence-electron chi connectivity index (χ1n) is 8.53. The first-order valence-corrected chi connectivity index (χ1v) is 9.32. The third-order valence-corrected chi connectivity index (χ3v) is 5.71. The molecule has 2 aromatic carbocycles. The lowest BCUT2D eigenvalue weighted by atomic mass is 9.74. The van der Waals surface area contributed by atoms with Crippen molar-refractivity contribution in [2.45, 2.75) is 33.1 Å². The van der Waals surface area contributed by atoms with Gasteiger partial charge in [0.1, 0.15) is 5.82 Å². The van der Waals surface area contributed by atoms with E-state index in [2.05, 4.69) is 91.0 Å². The molecule has 0 saturated heterocycles. The minimum Gasteiger partial charge on any atom is -0.294 e. The number of hydrogen-bond donors (Lipinski definition) is 0. The van der Waals surface area contributed by atoms with Crippen LogP contribution in [0, 0.1) is 13.8 Å². The molecule has 1 aliphatic heterocycles. The third kappa shape index (κ3) is 2.41. The van der Waals surface area contributed by atoms with Crippen LogP contribution < -0.4 is 4.90 Å². The maximum atomic E-state index is 4.79. The van der Waals surface area contributed by atoms with Crippen molar-refractivity contribution < 1.29 is 0 Å². The molecule has 0 spiro atoms. The van der Waals surface area contributed by atoms with Crippen LogP contribution in [0.2, 0.25) is 0 Å². The zero-order valence-electron chi connectivity index (χ0n) is 15.0. The minimum absolute atomic E-state index is 0.0820. The van der Waals surface area contributed by atoms with E-state index in [1.165, 1.54) is 33.6 Å². The van der Waals surface area contributed by atoms with Gasteiger partial charge in [0.2, 0.25) is 0 Å². The molecule has 0 fully saturated rings. The van der Waals surface area contributed by atoms with Crippen LogP contribution >= 0.6 is 15.9 Å². The molecule has 4 rings (SSSR count). The summed E-state index contributed by atoms with van der Waals surface area (Å²) in [4.78, 5) is 7.12. The number of nitrogens with zero attached hydrogens (tertiary/aromatic N) is 2. The average molecular weight is 393 g/mol. The van der Waals surface area contributed by atoms with Crippen molar-refractivity contribution in [3.8, 4) is 0 Å². The average Bonchev–Trinajstić information content (AvgIpc) is 2.59. The lowest BCUT2D eigenvalue weighted by Crippen LogP contribution is -2.32. The topological polar surface area (TPSA) is 16.1 Å². The highest BCUT2D eigenvalue weighted by Crippen LogP contribution is 2.52. The second-order valence-corrected chi connectivity index (χ2v) is 8.15. The summed E-state index contributed by atoms with van der Waals surface area (Å²) in [6.45, 7) is 8.92. The number of benzene rings is 2. The van der Waals surface area contributed by atoms with Crippen LogP contribution in [-0.4, -0.2) is 4.98 Å². The second-order valence-electron chi connectivity index (χ2n) is 7.24. The number of halogens is 1. The first kappa shape index (κ1) is 16.3. The fourth-order valence-corrected chi connectivity index (χ4v) is 4.18. The van der Waals surface area contributed by atoms with E-state index in [4.69, 9.17) is 4.98 Å². The summed E-state index contributed by atoms with van der Waals surface area (Å²) in [6.07, 6.45) is 1.89. The van der Waals surface area contributed by atoms with Crippen molar-refractivity contribution in [1.82, 2.24) is 4.98 Å². The van der Waals surface area contributed by atoms with Crippen molar-refractivity contribution in [3.05, 3.63) is 81.5 Å². The van der Waals surface area contributed by atoms with Crippen LogP contribution in [0.5, 0.6) is 0 Å². The highest BCUT2D eigenvalue weighted by atomic mass is 79.9. The SMILES string of the molecule is Cc1ccc(Br)cc1N1c2ncccc2C(C)(C)c2cccc(C)c21. The van der Waals surface area contributed by atoms with Gasteiger partial charge in [0, 0.05) is 21.6 Å². The van der Waals surface area contributed by atoms with Gasteiger partial charge in [0.15, 0.2) is 0 Å². The molecule has 0 N–H and O–H groups in total. The van der Waals surface area contributed by atoms with Gasteiger partial charge in [0.25, 0.3) is 0 Å². The lowest BCUT2D eigenvalue weighted by Gasteiger charge is -2.42. The molecule has 2 nitrogen and oxygen atoms in total. The predicted molar refractivity (Wildman–Crippen MR) is 108 cm³/mol. The molecule has 0 unspecified atom stereocenters. The largest absolute Gasteiger partial charge is 0.294 e. The number of anilines is 3. The quantitative estimate of drug-likeness (QED) is 0.465. The van der Waals surface area contributed by atoms with Gasteiger partial charge >= 0.3 is 0 Å². The Labute approximate surface area is 157 Å².